The molecule has 1 N–H and O–H groups in total. The smallest absolute Gasteiger partial charge is 0.421 e. The molecule has 2 aromatic carbocycles. The molecular weight excluding hydrogens is 486 g/mol. The van der Waals surface area contributed by atoms with Crippen LogP contribution in [0.15, 0.2) is 54.6 Å². The van der Waals surface area contributed by atoms with Crippen LogP contribution in [-0.2, 0) is 20.9 Å². The summed E-state index contributed by atoms with van der Waals surface area (Å²) in [5, 5.41) is 3.18. The maximum atomic E-state index is 13.3. The Morgan fingerprint density at radius 2 is 1.66 bits per heavy atom. The Morgan fingerprint density at radius 1 is 0.974 bits per heavy atom. The minimum absolute atomic E-state index is 0.0438. The van der Waals surface area contributed by atoms with E-state index < -0.39 is 11.7 Å². The lowest BCUT2D eigenvalue weighted by Gasteiger charge is -2.33. The Bertz CT molecular complexity index is 1090. The number of rotatable bonds is 6. The summed E-state index contributed by atoms with van der Waals surface area (Å²) >= 11 is 0. The third-order valence-electron chi connectivity index (χ3n) is 6.51. The second kappa shape index (κ2) is 12.3. The number of anilines is 1. The highest BCUT2D eigenvalue weighted by atomic mass is 16.6. The molecule has 2 saturated heterocycles. The van der Waals surface area contributed by atoms with Crippen molar-refractivity contribution in [1.29, 1.82) is 0 Å². The van der Waals surface area contributed by atoms with Crippen molar-refractivity contribution in [2.45, 2.75) is 58.3 Å². The van der Waals surface area contributed by atoms with Crippen molar-refractivity contribution in [3.8, 4) is 5.75 Å². The van der Waals surface area contributed by atoms with Crippen molar-refractivity contribution in [2.75, 3.05) is 31.1 Å². The number of piperidine rings is 1. The molecule has 3 amide bonds. The third-order valence-corrected chi connectivity index (χ3v) is 6.51. The summed E-state index contributed by atoms with van der Waals surface area (Å²) in [5.41, 5.74) is 0.758. The van der Waals surface area contributed by atoms with E-state index in [2.05, 4.69) is 5.32 Å². The Kier molecular flexibility index (Phi) is 8.89. The molecule has 38 heavy (non-hydrogen) atoms. The zero-order valence-corrected chi connectivity index (χ0v) is 22.4. The second-order valence-corrected chi connectivity index (χ2v) is 10.7. The van der Waals surface area contributed by atoms with Crippen LogP contribution in [0.4, 0.5) is 15.3 Å². The summed E-state index contributed by atoms with van der Waals surface area (Å²) in [4.78, 5) is 41.5. The van der Waals surface area contributed by atoms with Crippen LogP contribution < -0.4 is 15.0 Å². The van der Waals surface area contributed by atoms with Crippen LogP contribution in [0.5, 0.6) is 5.75 Å². The molecule has 1 atom stereocenters. The molecule has 2 fully saturated rings. The zero-order chi connectivity index (χ0) is 27.1. The Hall–Kier alpha value is -3.59. The number of ether oxygens (including phenoxy) is 3. The fourth-order valence-electron chi connectivity index (χ4n) is 4.50. The molecule has 0 aromatic heterocycles. The van der Waals surface area contributed by atoms with Gasteiger partial charge in [0, 0.05) is 32.5 Å². The lowest BCUT2D eigenvalue weighted by atomic mass is 10.1. The number of nitrogens with zero attached hydrogens (tertiary/aromatic N) is 2. The van der Waals surface area contributed by atoms with E-state index >= 15 is 0 Å². The molecule has 4 rings (SSSR count). The lowest BCUT2D eigenvalue weighted by molar-refractivity contribution is -0.121. The van der Waals surface area contributed by atoms with Crippen LogP contribution >= 0.6 is 0 Å². The van der Waals surface area contributed by atoms with Crippen LogP contribution in [-0.4, -0.2) is 60.9 Å². The Balaban J connectivity index is 1.37. The summed E-state index contributed by atoms with van der Waals surface area (Å²) in [6.07, 6.45) is 0.996. The molecule has 0 aliphatic carbocycles. The van der Waals surface area contributed by atoms with Gasteiger partial charge in [0.15, 0.2) is 0 Å². The number of likely N-dealkylation sites (tertiary alicyclic amines) is 1. The molecular formula is C29H37N3O6. The predicted molar refractivity (Wildman–Crippen MR) is 143 cm³/mol. The molecule has 1 unspecified atom stereocenters. The maximum Gasteiger partial charge on any atom is 0.421 e. The quantitative estimate of drug-likeness (QED) is 0.584. The largest absolute Gasteiger partial charge is 0.490 e. The average molecular weight is 524 g/mol. The van der Waals surface area contributed by atoms with E-state index in [0.717, 1.165) is 17.0 Å². The van der Waals surface area contributed by atoms with Crippen LogP contribution in [0.3, 0.4) is 0 Å². The molecule has 0 spiro atoms. The van der Waals surface area contributed by atoms with Crippen molar-refractivity contribution < 1.29 is 28.6 Å². The van der Waals surface area contributed by atoms with Gasteiger partial charge in [-0.05, 0) is 63.6 Å². The first-order valence-corrected chi connectivity index (χ1v) is 13.2. The first-order chi connectivity index (χ1) is 18.2. The molecule has 0 bridgehead atoms. The highest BCUT2D eigenvalue weighted by Crippen LogP contribution is 2.26. The van der Waals surface area contributed by atoms with Crippen molar-refractivity contribution in [2.24, 2.45) is 5.92 Å². The lowest BCUT2D eigenvalue weighted by Crippen LogP contribution is -2.44. The van der Waals surface area contributed by atoms with Crippen LogP contribution in [0, 0.1) is 5.92 Å². The number of carbonyl (C=O) groups excluding carboxylic acids is 3. The van der Waals surface area contributed by atoms with Gasteiger partial charge in [0.2, 0.25) is 5.91 Å². The number of amides is 3. The predicted octanol–water partition coefficient (Wildman–Crippen LogP) is 4.74. The monoisotopic (exact) mass is 523 g/mol. The standard InChI is InChI=1S/C29H37N3O6/c1-29(2,3)38-27(34)31-17-14-25(15-18-31)37-24-11-9-23(10-12-24)32(26(33)22-13-16-30-19-22)28(35)36-20-21-7-5-4-6-8-21/h4-12,22,25,30H,13-20H2,1-3H3. The number of carbonyl (C=O) groups is 3. The summed E-state index contributed by atoms with van der Waals surface area (Å²) in [5.74, 6) is 0.0682. The summed E-state index contributed by atoms with van der Waals surface area (Å²) in [7, 11) is 0. The summed E-state index contributed by atoms with van der Waals surface area (Å²) < 4.78 is 17.1. The number of imide groups is 1. The van der Waals surface area contributed by atoms with Crippen molar-refractivity contribution in [3.63, 3.8) is 0 Å². The van der Waals surface area contributed by atoms with Gasteiger partial charge in [-0.2, -0.15) is 0 Å². The highest BCUT2D eigenvalue weighted by molar-refractivity contribution is 6.13. The van der Waals surface area contributed by atoms with Gasteiger partial charge in [0.25, 0.3) is 0 Å². The minimum atomic E-state index is -0.700. The third kappa shape index (κ3) is 7.47. The van der Waals surface area contributed by atoms with Gasteiger partial charge in [-0.1, -0.05) is 30.3 Å². The number of hydrogen-bond acceptors (Lipinski definition) is 7. The van der Waals surface area contributed by atoms with E-state index in [-0.39, 0.29) is 30.6 Å². The van der Waals surface area contributed by atoms with Crippen LogP contribution in [0.2, 0.25) is 0 Å². The average Bonchev–Trinajstić information content (AvgIpc) is 3.44. The molecule has 2 aliphatic heterocycles. The molecule has 9 nitrogen and oxygen atoms in total. The number of hydrogen-bond donors (Lipinski definition) is 1. The van der Waals surface area contributed by atoms with Crippen molar-refractivity contribution >= 4 is 23.8 Å². The van der Waals surface area contributed by atoms with Gasteiger partial charge in [0.05, 0.1) is 11.6 Å². The normalized spacial score (nSPS) is 18.1. The summed E-state index contributed by atoms with van der Waals surface area (Å²) in [6.45, 7) is 8.03. The topological polar surface area (TPSA) is 97.4 Å². The molecule has 2 aromatic rings. The fourth-order valence-corrected chi connectivity index (χ4v) is 4.50. The van der Waals surface area contributed by atoms with E-state index in [1.807, 2.05) is 51.1 Å². The number of nitrogens with one attached hydrogen (secondary N) is 1. The van der Waals surface area contributed by atoms with E-state index in [4.69, 9.17) is 14.2 Å². The number of benzene rings is 2. The molecule has 0 saturated carbocycles. The van der Waals surface area contributed by atoms with Crippen LogP contribution in [0.1, 0.15) is 45.6 Å². The minimum Gasteiger partial charge on any atom is -0.490 e. The molecule has 204 valence electrons. The van der Waals surface area contributed by atoms with Gasteiger partial charge in [-0.15, -0.1) is 0 Å². The first kappa shape index (κ1) is 27.4. The van der Waals surface area contributed by atoms with Crippen molar-refractivity contribution in [1.82, 2.24) is 10.2 Å². The van der Waals surface area contributed by atoms with Crippen molar-refractivity contribution in [3.05, 3.63) is 60.2 Å². The zero-order valence-electron chi connectivity index (χ0n) is 22.4. The van der Waals surface area contributed by atoms with E-state index in [9.17, 15) is 14.4 Å². The van der Waals surface area contributed by atoms with Crippen LogP contribution in [0.25, 0.3) is 0 Å². The van der Waals surface area contributed by atoms with Gasteiger partial charge in [-0.3, -0.25) is 4.79 Å². The SMILES string of the molecule is CC(C)(C)OC(=O)N1CCC(Oc2ccc(N(C(=O)OCc3ccccc3)C(=O)C3CCNC3)cc2)CC1. The maximum absolute atomic E-state index is 13.3. The summed E-state index contributed by atoms with van der Waals surface area (Å²) in [6, 6.07) is 16.3. The molecule has 2 aliphatic rings. The van der Waals surface area contributed by atoms with Gasteiger partial charge < -0.3 is 24.4 Å². The molecule has 0 radical (unpaired) electrons. The molecule has 9 heteroatoms. The Morgan fingerprint density at radius 3 is 2.26 bits per heavy atom. The van der Waals surface area contributed by atoms with E-state index in [1.54, 1.807) is 29.2 Å². The highest BCUT2D eigenvalue weighted by Gasteiger charge is 2.33. The fraction of sp³-hybridized carbons (Fsp3) is 0.483. The van der Waals surface area contributed by atoms with E-state index in [0.29, 0.717) is 50.3 Å². The second-order valence-electron chi connectivity index (χ2n) is 10.7. The van der Waals surface area contributed by atoms with E-state index in [1.165, 1.54) is 0 Å². The van der Waals surface area contributed by atoms with Gasteiger partial charge in [-0.25, -0.2) is 14.5 Å². The van der Waals surface area contributed by atoms with Gasteiger partial charge >= 0.3 is 12.2 Å². The first-order valence-electron chi connectivity index (χ1n) is 13.2. The Labute approximate surface area is 224 Å². The molecule has 2 heterocycles. The van der Waals surface area contributed by atoms with Gasteiger partial charge in [0.1, 0.15) is 24.1 Å².